The smallest absolute Gasteiger partial charge is 0.262 e. The Morgan fingerprint density at radius 3 is 2.29 bits per heavy atom. The number of hydrogen-bond donors (Lipinski definition) is 2. The van der Waals surface area contributed by atoms with Gasteiger partial charge < -0.3 is 10.0 Å². The van der Waals surface area contributed by atoms with E-state index in [1.807, 2.05) is 30.3 Å². The molecule has 0 atom stereocenters. The van der Waals surface area contributed by atoms with Crippen LogP contribution in [0.3, 0.4) is 0 Å². The van der Waals surface area contributed by atoms with Gasteiger partial charge in [0.15, 0.2) is 11.6 Å². The summed E-state index contributed by atoms with van der Waals surface area (Å²) in [5, 5.41) is 9.39. The molecule has 162 valence electrons. The van der Waals surface area contributed by atoms with Gasteiger partial charge in [-0.25, -0.2) is 17.2 Å². The molecular weight excluding hydrogens is 426 g/mol. The summed E-state index contributed by atoms with van der Waals surface area (Å²) in [5.74, 6) is -2.97. The predicted octanol–water partition coefficient (Wildman–Crippen LogP) is 3.40. The van der Waals surface area contributed by atoms with Crippen molar-refractivity contribution in [2.75, 3.05) is 17.9 Å². The van der Waals surface area contributed by atoms with Crippen LogP contribution in [0.4, 0.5) is 14.5 Å². The highest BCUT2D eigenvalue weighted by Crippen LogP contribution is 2.23. The largest absolute Gasteiger partial charge is 0.395 e. The fourth-order valence-corrected chi connectivity index (χ4v) is 4.04. The molecule has 0 aliphatic heterocycles. The van der Waals surface area contributed by atoms with Gasteiger partial charge in [-0.1, -0.05) is 42.5 Å². The van der Waals surface area contributed by atoms with Crippen LogP contribution in [-0.4, -0.2) is 37.5 Å². The minimum absolute atomic E-state index is 0.0202. The van der Waals surface area contributed by atoms with Crippen molar-refractivity contribution in [3.8, 4) is 0 Å². The monoisotopic (exact) mass is 446 g/mol. The van der Waals surface area contributed by atoms with Crippen LogP contribution in [0.15, 0.2) is 77.7 Å². The topological polar surface area (TPSA) is 86.7 Å². The number of aliphatic hydroxyl groups is 1. The third-order valence-corrected chi connectivity index (χ3v) is 5.84. The van der Waals surface area contributed by atoms with Crippen molar-refractivity contribution in [2.24, 2.45) is 0 Å². The summed E-state index contributed by atoms with van der Waals surface area (Å²) in [6, 6.07) is 17.3. The van der Waals surface area contributed by atoms with Crippen LogP contribution in [0.25, 0.3) is 0 Å². The molecule has 3 aromatic carbocycles. The van der Waals surface area contributed by atoms with Crippen molar-refractivity contribution < 1.29 is 27.1 Å². The summed E-state index contributed by atoms with van der Waals surface area (Å²) in [7, 11) is -4.28. The maximum absolute atomic E-state index is 13.5. The van der Waals surface area contributed by atoms with Crippen LogP contribution >= 0.6 is 0 Å². The van der Waals surface area contributed by atoms with E-state index < -0.39 is 32.5 Å². The number of hydrogen-bond acceptors (Lipinski definition) is 4. The SMILES string of the molecule is O=C(c1ccccc1NS(=O)(=O)c1ccc(F)c(F)c1)N(CCO)Cc1ccccc1. The number of benzene rings is 3. The van der Waals surface area contributed by atoms with Gasteiger partial charge in [-0.05, 0) is 35.9 Å². The number of nitrogens with one attached hydrogen (secondary N) is 1. The van der Waals surface area contributed by atoms with Crippen molar-refractivity contribution in [2.45, 2.75) is 11.4 Å². The van der Waals surface area contributed by atoms with Gasteiger partial charge in [0.2, 0.25) is 0 Å². The first kappa shape index (κ1) is 22.4. The molecule has 0 saturated carbocycles. The molecule has 6 nitrogen and oxygen atoms in total. The van der Waals surface area contributed by atoms with Gasteiger partial charge in [-0.15, -0.1) is 0 Å². The fraction of sp³-hybridized carbons (Fsp3) is 0.136. The molecule has 0 heterocycles. The van der Waals surface area contributed by atoms with Crippen LogP contribution in [0.1, 0.15) is 15.9 Å². The number of carbonyl (C=O) groups excluding carboxylic acids is 1. The van der Waals surface area contributed by atoms with Crippen LogP contribution in [0, 0.1) is 11.6 Å². The van der Waals surface area contributed by atoms with Crippen LogP contribution in [0.5, 0.6) is 0 Å². The maximum Gasteiger partial charge on any atom is 0.262 e. The average molecular weight is 446 g/mol. The molecule has 0 aliphatic rings. The second-order valence-electron chi connectivity index (χ2n) is 6.66. The van der Waals surface area contributed by atoms with Crippen LogP contribution in [-0.2, 0) is 16.6 Å². The molecular formula is C22H20F2N2O4S. The second-order valence-corrected chi connectivity index (χ2v) is 8.35. The molecule has 0 aliphatic carbocycles. The average Bonchev–Trinajstić information content (AvgIpc) is 2.75. The lowest BCUT2D eigenvalue weighted by Gasteiger charge is -2.23. The number of anilines is 1. The Bertz CT molecular complexity index is 1170. The Hall–Kier alpha value is -3.30. The van der Waals surface area contributed by atoms with E-state index in [2.05, 4.69) is 4.72 Å². The Kier molecular flexibility index (Phi) is 6.98. The zero-order chi connectivity index (χ0) is 22.4. The van der Waals surface area contributed by atoms with Gasteiger partial charge in [0, 0.05) is 13.1 Å². The zero-order valence-corrected chi connectivity index (χ0v) is 17.1. The van der Waals surface area contributed by atoms with Crippen molar-refractivity contribution in [1.29, 1.82) is 0 Å². The first-order valence-corrected chi connectivity index (χ1v) is 10.8. The fourth-order valence-electron chi connectivity index (χ4n) is 2.95. The molecule has 0 aromatic heterocycles. The number of carbonyl (C=O) groups is 1. The van der Waals surface area contributed by atoms with Crippen molar-refractivity contribution >= 4 is 21.6 Å². The Morgan fingerprint density at radius 2 is 1.61 bits per heavy atom. The number of amides is 1. The molecule has 2 N–H and O–H groups in total. The van der Waals surface area contributed by atoms with Gasteiger partial charge in [-0.3, -0.25) is 9.52 Å². The number of rotatable bonds is 8. The molecule has 0 unspecified atom stereocenters. The maximum atomic E-state index is 13.5. The normalized spacial score (nSPS) is 11.2. The van der Waals surface area contributed by atoms with Crippen molar-refractivity contribution in [1.82, 2.24) is 4.90 Å². The van der Waals surface area contributed by atoms with Crippen LogP contribution in [0.2, 0.25) is 0 Å². The quantitative estimate of drug-likeness (QED) is 0.555. The van der Waals surface area contributed by atoms with E-state index in [1.54, 1.807) is 6.07 Å². The van der Waals surface area contributed by atoms with E-state index in [4.69, 9.17) is 0 Å². The summed E-state index contributed by atoms with van der Waals surface area (Å²) in [6.45, 7) is -0.0240. The number of sulfonamides is 1. The predicted molar refractivity (Wildman–Crippen MR) is 112 cm³/mol. The third kappa shape index (κ3) is 5.44. The molecule has 0 fully saturated rings. The summed E-state index contributed by atoms with van der Waals surface area (Å²) in [5.41, 5.74) is 0.871. The highest BCUT2D eigenvalue weighted by Gasteiger charge is 2.23. The molecule has 0 bridgehead atoms. The minimum Gasteiger partial charge on any atom is -0.395 e. The summed E-state index contributed by atoms with van der Waals surface area (Å²) in [4.78, 5) is 14.1. The lowest BCUT2D eigenvalue weighted by molar-refractivity contribution is 0.0709. The lowest BCUT2D eigenvalue weighted by Crippen LogP contribution is -2.33. The molecule has 1 amide bonds. The van der Waals surface area contributed by atoms with E-state index >= 15 is 0 Å². The van der Waals surface area contributed by atoms with Crippen molar-refractivity contribution in [3.63, 3.8) is 0 Å². The van der Waals surface area contributed by atoms with E-state index in [-0.39, 0.29) is 30.9 Å². The Labute approximate surface area is 178 Å². The lowest BCUT2D eigenvalue weighted by atomic mass is 10.1. The Morgan fingerprint density at radius 1 is 0.935 bits per heavy atom. The summed E-state index contributed by atoms with van der Waals surface area (Å²) >= 11 is 0. The Balaban J connectivity index is 1.90. The molecule has 0 spiro atoms. The highest BCUT2D eigenvalue weighted by molar-refractivity contribution is 7.92. The van der Waals surface area contributed by atoms with E-state index in [0.717, 1.165) is 11.6 Å². The first-order valence-electron chi connectivity index (χ1n) is 9.33. The second kappa shape index (κ2) is 9.67. The number of aliphatic hydroxyl groups excluding tert-OH is 1. The van der Waals surface area contributed by atoms with Gasteiger partial charge in [0.05, 0.1) is 22.8 Å². The first-order chi connectivity index (χ1) is 14.8. The molecule has 31 heavy (non-hydrogen) atoms. The summed E-state index contributed by atoms with van der Waals surface area (Å²) < 4.78 is 54.3. The van der Waals surface area contributed by atoms with Gasteiger partial charge in [-0.2, -0.15) is 0 Å². The number of halogens is 2. The molecule has 3 rings (SSSR count). The molecule has 0 saturated heterocycles. The zero-order valence-electron chi connectivity index (χ0n) is 16.3. The molecule has 9 heteroatoms. The van der Waals surface area contributed by atoms with E-state index in [0.29, 0.717) is 12.1 Å². The van der Waals surface area contributed by atoms with Crippen LogP contribution < -0.4 is 4.72 Å². The van der Waals surface area contributed by atoms with Gasteiger partial charge >= 0.3 is 0 Å². The van der Waals surface area contributed by atoms with Gasteiger partial charge in [0.1, 0.15) is 0 Å². The number of nitrogens with zero attached hydrogens (tertiary/aromatic N) is 1. The third-order valence-electron chi connectivity index (χ3n) is 4.48. The number of para-hydroxylation sites is 1. The highest BCUT2D eigenvalue weighted by atomic mass is 32.2. The van der Waals surface area contributed by atoms with E-state index in [1.165, 1.54) is 23.1 Å². The van der Waals surface area contributed by atoms with E-state index in [9.17, 15) is 27.1 Å². The standard InChI is InChI=1S/C22H20F2N2O4S/c23-19-11-10-17(14-20(19)24)31(29,30)25-21-9-5-4-8-18(21)22(28)26(12-13-27)15-16-6-2-1-3-7-16/h1-11,14,25,27H,12-13,15H2. The summed E-state index contributed by atoms with van der Waals surface area (Å²) in [6.07, 6.45) is 0. The van der Waals surface area contributed by atoms with Crippen molar-refractivity contribution in [3.05, 3.63) is 95.6 Å². The van der Waals surface area contributed by atoms with Gasteiger partial charge in [0.25, 0.3) is 15.9 Å². The molecule has 3 aromatic rings. The minimum atomic E-state index is -4.28. The molecule has 0 radical (unpaired) electrons.